The largest absolute Gasteiger partial charge is 0.488 e. The normalized spacial score (nSPS) is 10.7. The summed E-state index contributed by atoms with van der Waals surface area (Å²) >= 11 is 0. The zero-order chi connectivity index (χ0) is 14.7. The van der Waals surface area contributed by atoms with Crippen molar-refractivity contribution in [1.29, 1.82) is 0 Å². The number of carbonyl (C=O) groups excluding carboxylic acids is 1. The zero-order valence-electron chi connectivity index (χ0n) is 11.9. The van der Waals surface area contributed by atoms with Gasteiger partial charge in [-0.15, -0.1) is 0 Å². The second kappa shape index (κ2) is 5.83. The van der Waals surface area contributed by atoms with Crippen LogP contribution in [0.25, 0.3) is 10.9 Å². The van der Waals surface area contributed by atoms with Gasteiger partial charge in [0, 0.05) is 18.0 Å². The lowest BCUT2D eigenvalue weighted by Crippen LogP contribution is -1.97. The number of fused-ring (bicyclic) bond motifs is 1. The van der Waals surface area contributed by atoms with Crippen LogP contribution in [0.4, 0.5) is 0 Å². The Kier molecular flexibility index (Phi) is 3.73. The third-order valence-corrected chi connectivity index (χ3v) is 3.63. The standard InChI is InChI=1S/C18H17NO2/c1-13-7-8-16(21-12-14-5-3-2-4-6-14)17-15(9-10-20)11-19-18(13)17/h2-8,10-11,19H,9,12H2,1H3. The lowest BCUT2D eigenvalue weighted by molar-refractivity contribution is -0.107. The van der Waals surface area contributed by atoms with E-state index in [-0.39, 0.29) is 0 Å². The number of rotatable bonds is 5. The summed E-state index contributed by atoms with van der Waals surface area (Å²) in [5, 5.41) is 1.01. The van der Waals surface area contributed by atoms with Crippen molar-refractivity contribution >= 4 is 17.2 Å². The smallest absolute Gasteiger partial charge is 0.129 e. The summed E-state index contributed by atoms with van der Waals surface area (Å²) in [5.74, 6) is 0.817. The molecule has 0 saturated heterocycles. The first-order valence-electron chi connectivity index (χ1n) is 6.99. The second-order valence-electron chi connectivity index (χ2n) is 5.09. The number of aromatic nitrogens is 1. The van der Waals surface area contributed by atoms with E-state index in [2.05, 4.69) is 4.98 Å². The van der Waals surface area contributed by atoms with E-state index in [0.29, 0.717) is 13.0 Å². The molecule has 0 spiro atoms. The predicted octanol–water partition coefficient (Wildman–Crippen LogP) is 3.80. The average molecular weight is 279 g/mol. The van der Waals surface area contributed by atoms with Gasteiger partial charge < -0.3 is 14.5 Å². The molecular formula is C18H17NO2. The van der Waals surface area contributed by atoms with E-state index in [1.54, 1.807) is 0 Å². The molecule has 0 radical (unpaired) electrons. The molecule has 2 aromatic carbocycles. The third kappa shape index (κ3) is 2.68. The van der Waals surface area contributed by atoms with Crippen LogP contribution < -0.4 is 4.74 Å². The molecular weight excluding hydrogens is 262 g/mol. The Morgan fingerprint density at radius 1 is 1.14 bits per heavy atom. The molecule has 0 aliphatic rings. The summed E-state index contributed by atoms with van der Waals surface area (Å²) in [5.41, 5.74) is 4.29. The van der Waals surface area contributed by atoms with Gasteiger partial charge in [0.15, 0.2) is 0 Å². The number of benzene rings is 2. The molecule has 0 amide bonds. The van der Waals surface area contributed by atoms with Gasteiger partial charge in [-0.3, -0.25) is 0 Å². The van der Waals surface area contributed by atoms with E-state index in [9.17, 15) is 4.79 Å². The fourth-order valence-corrected chi connectivity index (χ4v) is 2.53. The summed E-state index contributed by atoms with van der Waals surface area (Å²) in [6.07, 6.45) is 3.21. The number of hydrogen-bond donors (Lipinski definition) is 1. The predicted molar refractivity (Wildman–Crippen MR) is 83.6 cm³/mol. The molecule has 0 fully saturated rings. The SMILES string of the molecule is Cc1ccc(OCc2ccccc2)c2c(CC=O)c[nH]c12. The van der Waals surface area contributed by atoms with Crippen LogP contribution in [0.15, 0.2) is 48.7 Å². The van der Waals surface area contributed by atoms with Gasteiger partial charge in [0.1, 0.15) is 18.6 Å². The fourth-order valence-electron chi connectivity index (χ4n) is 2.53. The van der Waals surface area contributed by atoms with E-state index < -0.39 is 0 Å². The van der Waals surface area contributed by atoms with Gasteiger partial charge in [0.05, 0.1) is 5.52 Å². The second-order valence-corrected chi connectivity index (χ2v) is 5.09. The number of nitrogens with one attached hydrogen (secondary N) is 1. The van der Waals surface area contributed by atoms with Gasteiger partial charge in [0.2, 0.25) is 0 Å². The topological polar surface area (TPSA) is 42.1 Å². The molecule has 1 aromatic heterocycles. The minimum atomic E-state index is 0.394. The van der Waals surface area contributed by atoms with Crippen LogP contribution in [-0.2, 0) is 17.8 Å². The molecule has 0 atom stereocenters. The summed E-state index contributed by atoms with van der Waals surface area (Å²) in [4.78, 5) is 14.1. The molecule has 3 rings (SSSR count). The Morgan fingerprint density at radius 2 is 1.95 bits per heavy atom. The van der Waals surface area contributed by atoms with Crippen LogP contribution in [0.5, 0.6) is 5.75 Å². The number of aldehydes is 1. The minimum absolute atomic E-state index is 0.394. The van der Waals surface area contributed by atoms with Crippen LogP contribution in [0.2, 0.25) is 0 Å². The Labute approximate surface area is 123 Å². The molecule has 0 bridgehead atoms. The number of ether oxygens (including phenoxy) is 1. The monoisotopic (exact) mass is 279 g/mol. The Morgan fingerprint density at radius 3 is 2.71 bits per heavy atom. The molecule has 1 heterocycles. The highest BCUT2D eigenvalue weighted by Gasteiger charge is 2.11. The molecule has 1 N–H and O–H groups in total. The number of aromatic amines is 1. The fraction of sp³-hybridized carbons (Fsp3) is 0.167. The first-order chi connectivity index (χ1) is 10.3. The van der Waals surface area contributed by atoms with Crippen LogP contribution in [0.3, 0.4) is 0 Å². The van der Waals surface area contributed by atoms with Gasteiger partial charge in [-0.1, -0.05) is 36.4 Å². The highest BCUT2D eigenvalue weighted by molar-refractivity contribution is 5.92. The maximum Gasteiger partial charge on any atom is 0.129 e. The van der Waals surface area contributed by atoms with E-state index in [0.717, 1.165) is 39.6 Å². The van der Waals surface area contributed by atoms with E-state index in [1.807, 2.05) is 55.6 Å². The molecule has 0 unspecified atom stereocenters. The van der Waals surface area contributed by atoms with Crippen molar-refractivity contribution in [3.8, 4) is 5.75 Å². The molecule has 21 heavy (non-hydrogen) atoms. The summed E-state index contributed by atoms with van der Waals surface area (Å²) in [6, 6.07) is 14.1. The molecule has 0 saturated carbocycles. The summed E-state index contributed by atoms with van der Waals surface area (Å²) in [6.45, 7) is 2.56. The Bertz CT molecular complexity index is 759. The highest BCUT2D eigenvalue weighted by Crippen LogP contribution is 2.31. The van der Waals surface area contributed by atoms with Crippen LogP contribution in [-0.4, -0.2) is 11.3 Å². The number of H-pyrrole nitrogens is 1. The van der Waals surface area contributed by atoms with Gasteiger partial charge >= 0.3 is 0 Å². The molecule has 0 aliphatic carbocycles. The van der Waals surface area contributed by atoms with Gasteiger partial charge in [-0.05, 0) is 29.7 Å². The van der Waals surface area contributed by atoms with Crippen LogP contribution in [0, 0.1) is 6.92 Å². The average Bonchev–Trinajstić information content (AvgIpc) is 2.93. The molecule has 3 aromatic rings. The summed E-state index contributed by atoms with van der Waals surface area (Å²) < 4.78 is 5.97. The first-order valence-corrected chi connectivity index (χ1v) is 6.99. The molecule has 0 aliphatic heterocycles. The lowest BCUT2D eigenvalue weighted by atomic mass is 10.1. The first kappa shape index (κ1) is 13.4. The Hall–Kier alpha value is -2.55. The van der Waals surface area contributed by atoms with Crippen LogP contribution in [0.1, 0.15) is 16.7 Å². The van der Waals surface area contributed by atoms with Gasteiger partial charge in [0.25, 0.3) is 0 Å². The van der Waals surface area contributed by atoms with Crippen molar-refractivity contribution < 1.29 is 9.53 Å². The number of hydrogen-bond acceptors (Lipinski definition) is 2. The Balaban J connectivity index is 1.96. The number of aryl methyl sites for hydroxylation is 1. The van der Waals surface area contributed by atoms with Crippen molar-refractivity contribution in [3.05, 3.63) is 65.4 Å². The van der Waals surface area contributed by atoms with Crippen molar-refractivity contribution in [2.75, 3.05) is 0 Å². The van der Waals surface area contributed by atoms with Crippen molar-refractivity contribution in [3.63, 3.8) is 0 Å². The molecule has 106 valence electrons. The van der Waals surface area contributed by atoms with Crippen LogP contribution >= 0.6 is 0 Å². The zero-order valence-corrected chi connectivity index (χ0v) is 11.9. The quantitative estimate of drug-likeness (QED) is 0.722. The minimum Gasteiger partial charge on any atom is -0.488 e. The third-order valence-electron chi connectivity index (χ3n) is 3.63. The summed E-state index contributed by atoms with van der Waals surface area (Å²) in [7, 11) is 0. The van der Waals surface area contributed by atoms with E-state index in [4.69, 9.17) is 4.74 Å². The van der Waals surface area contributed by atoms with E-state index in [1.165, 1.54) is 0 Å². The van der Waals surface area contributed by atoms with Crippen molar-refractivity contribution in [2.45, 2.75) is 20.0 Å². The highest BCUT2D eigenvalue weighted by atomic mass is 16.5. The van der Waals surface area contributed by atoms with Gasteiger partial charge in [-0.2, -0.15) is 0 Å². The van der Waals surface area contributed by atoms with Gasteiger partial charge in [-0.25, -0.2) is 0 Å². The lowest BCUT2D eigenvalue weighted by Gasteiger charge is -2.10. The maximum atomic E-state index is 10.8. The van der Waals surface area contributed by atoms with Crippen molar-refractivity contribution in [2.24, 2.45) is 0 Å². The maximum absolute atomic E-state index is 10.8. The van der Waals surface area contributed by atoms with E-state index >= 15 is 0 Å². The van der Waals surface area contributed by atoms with Crippen molar-refractivity contribution in [1.82, 2.24) is 4.98 Å². The molecule has 3 nitrogen and oxygen atoms in total. The number of carbonyl (C=O) groups is 1. The molecule has 3 heteroatoms.